The molecule has 0 radical (unpaired) electrons. The number of amides is 1. The van der Waals surface area contributed by atoms with Crippen molar-refractivity contribution in [1.82, 2.24) is 4.90 Å². The Bertz CT molecular complexity index is 810. The molecule has 3 rings (SSSR count). The molecule has 1 unspecified atom stereocenters. The first-order valence-corrected chi connectivity index (χ1v) is 9.13. The predicted octanol–water partition coefficient (Wildman–Crippen LogP) is 4.46. The van der Waals surface area contributed by atoms with Crippen molar-refractivity contribution in [3.63, 3.8) is 0 Å². The van der Waals surface area contributed by atoms with Crippen LogP contribution in [0.2, 0.25) is 5.02 Å². The van der Waals surface area contributed by atoms with Gasteiger partial charge in [0, 0.05) is 32.0 Å². The maximum absolute atomic E-state index is 13.7. The first-order valence-electron chi connectivity index (χ1n) is 8.75. The van der Waals surface area contributed by atoms with Crippen LogP contribution in [0, 0.1) is 11.6 Å². The number of piperidine rings is 1. The van der Waals surface area contributed by atoms with Crippen LogP contribution in [0.4, 0.5) is 8.78 Å². The molecule has 1 heterocycles. The molecule has 144 valence electrons. The fourth-order valence-electron chi connectivity index (χ4n) is 2.98. The van der Waals surface area contributed by atoms with E-state index in [9.17, 15) is 13.6 Å². The summed E-state index contributed by atoms with van der Waals surface area (Å²) < 4.78 is 37.9. The van der Waals surface area contributed by atoms with Crippen molar-refractivity contribution in [2.75, 3.05) is 13.1 Å². The number of rotatable bonds is 5. The molecule has 1 saturated heterocycles. The highest BCUT2D eigenvalue weighted by atomic mass is 35.5. The summed E-state index contributed by atoms with van der Waals surface area (Å²) in [4.78, 5) is 14.3. The van der Waals surface area contributed by atoms with Crippen molar-refractivity contribution >= 4 is 17.5 Å². The molecule has 2 aromatic carbocycles. The number of hydrogen-bond donors (Lipinski definition) is 0. The standard InChI is InChI=1S/C20H20ClF2NO3/c1-13(26-18-5-3-2-4-16(18)21)20(25)24-10-8-15(9-11-24)27-19-7-6-14(22)12-17(19)23/h2-7,12-13,15H,8-11H2,1H3. The summed E-state index contributed by atoms with van der Waals surface area (Å²) in [6.07, 6.45) is 0.216. The van der Waals surface area contributed by atoms with Crippen LogP contribution in [0.5, 0.6) is 11.5 Å². The second-order valence-corrected chi connectivity index (χ2v) is 6.81. The number of carbonyl (C=O) groups excluding carboxylic acids is 1. The lowest BCUT2D eigenvalue weighted by molar-refractivity contribution is -0.139. The molecule has 0 aromatic heterocycles. The van der Waals surface area contributed by atoms with E-state index in [1.165, 1.54) is 6.07 Å². The molecule has 0 aliphatic carbocycles. The van der Waals surface area contributed by atoms with Crippen molar-refractivity contribution in [3.05, 3.63) is 59.1 Å². The Balaban J connectivity index is 1.52. The largest absolute Gasteiger partial charge is 0.487 e. The van der Waals surface area contributed by atoms with Crippen LogP contribution >= 0.6 is 11.6 Å². The second-order valence-electron chi connectivity index (χ2n) is 6.41. The van der Waals surface area contributed by atoms with Crippen LogP contribution in [0.15, 0.2) is 42.5 Å². The Labute approximate surface area is 161 Å². The van der Waals surface area contributed by atoms with Crippen LogP contribution in [-0.2, 0) is 4.79 Å². The SMILES string of the molecule is CC(Oc1ccccc1Cl)C(=O)N1CCC(Oc2ccc(F)cc2F)CC1. The normalized spacial score (nSPS) is 16.1. The third-order valence-corrected chi connectivity index (χ3v) is 4.74. The zero-order valence-corrected chi connectivity index (χ0v) is 15.6. The first kappa shape index (κ1) is 19.4. The van der Waals surface area contributed by atoms with E-state index >= 15 is 0 Å². The summed E-state index contributed by atoms with van der Waals surface area (Å²) in [7, 11) is 0. The number of carbonyl (C=O) groups is 1. The number of likely N-dealkylation sites (tertiary alicyclic amines) is 1. The Morgan fingerprint density at radius 3 is 2.52 bits per heavy atom. The van der Waals surface area contributed by atoms with Crippen LogP contribution in [-0.4, -0.2) is 36.1 Å². The third kappa shape index (κ3) is 4.89. The first-order chi connectivity index (χ1) is 12.9. The molecule has 0 bridgehead atoms. The fourth-order valence-corrected chi connectivity index (χ4v) is 3.16. The maximum Gasteiger partial charge on any atom is 0.263 e. The highest BCUT2D eigenvalue weighted by Crippen LogP contribution is 2.26. The Morgan fingerprint density at radius 2 is 1.85 bits per heavy atom. The van der Waals surface area contributed by atoms with Crippen molar-refractivity contribution < 1.29 is 23.0 Å². The molecule has 27 heavy (non-hydrogen) atoms. The van der Waals surface area contributed by atoms with Gasteiger partial charge in [-0.2, -0.15) is 0 Å². The molecule has 1 fully saturated rings. The zero-order chi connectivity index (χ0) is 19.4. The minimum absolute atomic E-state index is 0.0246. The molecule has 2 aromatic rings. The molecule has 1 amide bonds. The Hall–Kier alpha value is -2.34. The number of nitrogens with zero attached hydrogens (tertiary/aromatic N) is 1. The minimum atomic E-state index is -0.727. The lowest BCUT2D eigenvalue weighted by Gasteiger charge is -2.33. The summed E-state index contributed by atoms with van der Waals surface area (Å²) in [6, 6.07) is 10.2. The van der Waals surface area contributed by atoms with Crippen LogP contribution in [0.25, 0.3) is 0 Å². The molecule has 0 spiro atoms. The van der Waals surface area contributed by atoms with E-state index in [2.05, 4.69) is 0 Å². The van der Waals surface area contributed by atoms with E-state index in [0.717, 1.165) is 12.1 Å². The maximum atomic E-state index is 13.7. The van der Waals surface area contributed by atoms with E-state index in [1.807, 2.05) is 0 Å². The van der Waals surface area contributed by atoms with Gasteiger partial charge < -0.3 is 14.4 Å². The summed E-state index contributed by atoms with van der Waals surface area (Å²) >= 11 is 6.06. The fraction of sp³-hybridized carbons (Fsp3) is 0.350. The van der Waals surface area contributed by atoms with Gasteiger partial charge in [-0.3, -0.25) is 4.79 Å². The third-order valence-electron chi connectivity index (χ3n) is 4.43. The van der Waals surface area contributed by atoms with Gasteiger partial charge in [-0.25, -0.2) is 8.78 Å². The monoisotopic (exact) mass is 395 g/mol. The van der Waals surface area contributed by atoms with Gasteiger partial charge in [0.15, 0.2) is 17.7 Å². The second kappa shape index (κ2) is 8.57. The summed E-state index contributed by atoms with van der Waals surface area (Å²) in [5.74, 6) is -1.02. The number of hydrogen-bond acceptors (Lipinski definition) is 3. The van der Waals surface area contributed by atoms with Crippen LogP contribution in [0.3, 0.4) is 0 Å². The van der Waals surface area contributed by atoms with Gasteiger partial charge in [-0.15, -0.1) is 0 Å². The molecule has 0 N–H and O–H groups in total. The van der Waals surface area contributed by atoms with Gasteiger partial charge in [-0.1, -0.05) is 23.7 Å². The predicted molar refractivity (Wildman–Crippen MR) is 98.1 cm³/mol. The van der Waals surface area contributed by atoms with Gasteiger partial charge in [0.2, 0.25) is 0 Å². The Kier molecular flexibility index (Phi) is 6.16. The topological polar surface area (TPSA) is 38.8 Å². The van der Waals surface area contributed by atoms with Crippen molar-refractivity contribution in [3.8, 4) is 11.5 Å². The molecule has 1 atom stereocenters. The Morgan fingerprint density at radius 1 is 1.15 bits per heavy atom. The van der Waals surface area contributed by atoms with E-state index in [4.69, 9.17) is 21.1 Å². The van der Waals surface area contributed by atoms with Crippen molar-refractivity contribution in [1.29, 1.82) is 0 Å². The lowest BCUT2D eigenvalue weighted by atomic mass is 10.1. The summed E-state index contributed by atoms with van der Waals surface area (Å²) in [6.45, 7) is 2.63. The molecule has 7 heteroatoms. The number of para-hydroxylation sites is 1. The van der Waals surface area contributed by atoms with Crippen molar-refractivity contribution in [2.45, 2.75) is 32.0 Å². The molecule has 1 aliphatic heterocycles. The van der Waals surface area contributed by atoms with Gasteiger partial charge >= 0.3 is 0 Å². The summed E-state index contributed by atoms with van der Waals surface area (Å²) in [5.41, 5.74) is 0. The summed E-state index contributed by atoms with van der Waals surface area (Å²) in [5, 5.41) is 0.450. The number of halogens is 3. The van der Waals surface area contributed by atoms with Gasteiger partial charge in [0.25, 0.3) is 5.91 Å². The highest BCUT2D eigenvalue weighted by molar-refractivity contribution is 6.32. The number of ether oxygens (including phenoxy) is 2. The molecular formula is C20H20ClF2NO3. The lowest BCUT2D eigenvalue weighted by Crippen LogP contribution is -2.46. The van der Waals surface area contributed by atoms with E-state index in [-0.39, 0.29) is 17.8 Å². The van der Waals surface area contributed by atoms with Crippen LogP contribution < -0.4 is 9.47 Å². The van der Waals surface area contributed by atoms with Gasteiger partial charge in [-0.05, 0) is 31.2 Å². The molecule has 4 nitrogen and oxygen atoms in total. The van der Waals surface area contributed by atoms with Crippen molar-refractivity contribution in [2.24, 2.45) is 0 Å². The van der Waals surface area contributed by atoms with E-state index in [1.54, 1.807) is 36.1 Å². The zero-order valence-electron chi connectivity index (χ0n) is 14.8. The van der Waals surface area contributed by atoms with Gasteiger partial charge in [0.1, 0.15) is 17.7 Å². The molecule has 0 saturated carbocycles. The van der Waals surface area contributed by atoms with E-state index < -0.39 is 17.7 Å². The minimum Gasteiger partial charge on any atom is -0.487 e. The van der Waals surface area contributed by atoms with Crippen LogP contribution in [0.1, 0.15) is 19.8 Å². The molecule has 1 aliphatic rings. The average Bonchev–Trinajstić information content (AvgIpc) is 2.66. The number of benzene rings is 2. The van der Waals surface area contributed by atoms with E-state index in [0.29, 0.717) is 36.7 Å². The average molecular weight is 396 g/mol. The molecular weight excluding hydrogens is 376 g/mol. The van der Waals surface area contributed by atoms with Gasteiger partial charge in [0.05, 0.1) is 5.02 Å². The quantitative estimate of drug-likeness (QED) is 0.750. The highest BCUT2D eigenvalue weighted by Gasteiger charge is 2.28. The smallest absolute Gasteiger partial charge is 0.263 e.